The lowest BCUT2D eigenvalue weighted by molar-refractivity contribution is -0.384. The summed E-state index contributed by atoms with van der Waals surface area (Å²) in [5.74, 6) is -0.415. The number of nitro benzene ring substituents is 1. The normalized spacial score (nSPS) is 12.0. The molecule has 2 aromatic rings. The van der Waals surface area contributed by atoms with E-state index >= 15 is 0 Å². The number of hydrogen-bond donors (Lipinski definition) is 1. The smallest absolute Gasteiger partial charge is 0.271 e. The number of pyridine rings is 1. The van der Waals surface area contributed by atoms with Crippen LogP contribution < -0.4 is 5.32 Å². The van der Waals surface area contributed by atoms with Gasteiger partial charge in [0.05, 0.1) is 33.6 Å². The van der Waals surface area contributed by atoms with Gasteiger partial charge < -0.3 is 5.32 Å². The number of anilines is 1. The molecule has 110 valence electrons. The van der Waals surface area contributed by atoms with Crippen LogP contribution in [0.3, 0.4) is 0 Å². The fraction of sp³-hybridized carbons (Fsp3) is 0.214. The average Bonchev–Trinajstić information content (AvgIpc) is 2.47. The van der Waals surface area contributed by atoms with Crippen LogP contribution in [0.15, 0.2) is 36.5 Å². The third kappa shape index (κ3) is 3.66. The van der Waals surface area contributed by atoms with Crippen molar-refractivity contribution in [2.24, 2.45) is 0 Å². The highest BCUT2D eigenvalue weighted by atomic mass is 35.5. The Kier molecular flexibility index (Phi) is 4.70. The molecule has 0 bridgehead atoms. The molecular formula is C14H13ClFN3O2. The number of benzene rings is 1. The number of hydrogen-bond acceptors (Lipinski definition) is 4. The van der Waals surface area contributed by atoms with Crippen molar-refractivity contribution in [2.45, 2.75) is 19.4 Å². The van der Waals surface area contributed by atoms with Gasteiger partial charge in [0.1, 0.15) is 5.82 Å². The molecule has 7 heteroatoms. The van der Waals surface area contributed by atoms with Crippen LogP contribution in [0, 0.1) is 15.9 Å². The van der Waals surface area contributed by atoms with Gasteiger partial charge in [0.15, 0.2) is 0 Å². The van der Waals surface area contributed by atoms with E-state index in [9.17, 15) is 14.5 Å². The van der Waals surface area contributed by atoms with Crippen molar-refractivity contribution in [3.8, 4) is 0 Å². The molecule has 1 N–H and O–H groups in total. The third-order valence-corrected chi connectivity index (χ3v) is 3.34. The van der Waals surface area contributed by atoms with E-state index in [1.54, 1.807) is 6.07 Å². The van der Waals surface area contributed by atoms with Crippen molar-refractivity contribution in [2.75, 3.05) is 5.32 Å². The largest absolute Gasteiger partial charge is 0.375 e. The van der Waals surface area contributed by atoms with Crippen LogP contribution in [0.5, 0.6) is 0 Å². The summed E-state index contributed by atoms with van der Waals surface area (Å²) in [4.78, 5) is 14.3. The molecule has 0 amide bonds. The molecule has 0 aliphatic heterocycles. The Morgan fingerprint density at radius 2 is 2.19 bits per heavy atom. The quantitative estimate of drug-likeness (QED) is 0.658. The Morgan fingerprint density at radius 1 is 1.43 bits per heavy atom. The van der Waals surface area contributed by atoms with Crippen LogP contribution in [-0.2, 0) is 0 Å². The first-order chi connectivity index (χ1) is 10.0. The third-order valence-electron chi connectivity index (χ3n) is 3.01. The highest BCUT2D eigenvalue weighted by Crippen LogP contribution is 2.30. The van der Waals surface area contributed by atoms with Gasteiger partial charge in [-0.15, -0.1) is 0 Å². The highest BCUT2D eigenvalue weighted by Gasteiger charge is 2.15. The van der Waals surface area contributed by atoms with Crippen molar-refractivity contribution in [1.29, 1.82) is 0 Å². The molecule has 21 heavy (non-hydrogen) atoms. The Labute approximate surface area is 125 Å². The van der Waals surface area contributed by atoms with E-state index < -0.39 is 10.7 Å². The molecule has 1 unspecified atom stereocenters. The van der Waals surface area contributed by atoms with E-state index in [0.717, 1.165) is 6.20 Å². The van der Waals surface area contributed by atoms with Gasteiger partial charge in [-0.05, 0) is 24.6 Å². The van der Waals surface area contributed by atoms with Crippen LogP contribution in [0.2, 0.25) is 5.02 Å². The van der Waals surface area contributed by atoms with Gasteiger partial charge in [-0.2, -0.15) is 0 Å². The molecule has 1 aromatic heterocycles. The van der Waals surface area contributed by atoms with E-state index in [2.05, 4.69) is 10.3 Å². The van der Waals surface area contributed by atoms with E-state index in [-0.39, 0.29) is 11.7 Å². The van der Waals surface area contributed by atoms with Gasteiger partial charge in [0, 0.05) is 12.1 Å². The van der Waals surface area contributed by atoms with Crippen LogP contribution in [0.25, 0.3) is 0 Å². The molecule has 2 rings (SSSR count). The molecule has 5 nitrogen and oxygen atoms in total. The van der Waals surface area contributed by atoms with Crippen LogP contribution >= 0.6 is 11.6 Å². The Morgan fingerprint density at radius 3 is 2.76 bits per heavy atom. The second-order valence-electron chi connectivity index (χ2n) is 4.43. The molecule has 0 fully saturated rings. The fourth-order valence-electron chi connectivity index (χ4n) is 1.90. The van der Waals surface area contributed by atoms with Crippen LogP contribution in [-0.4, -0.2) is 9.91 Å². The maximum Gasteiger partial charge on any atom is 0.271 e. The van der Waals surface area contributed by atoms with Gasteiger partial charge in [0.25, 0.3) is 5.69 Å². The molecule has 0 saturated carbocycles. The standard InChI is InChI=1S/C14H13ClFN3O2/c1-2-12(13-6-3-9(16)8-17-13)18-14-7-10(19(20)21)4-5-11(14)15/h3-8,12,18H,2H2,1H3. The number of aromatic nitrogens is 1. The van der Waals surface area contributed by atoms with Gasteiger partial charge in [-0.1, -0.05) is 18.5 Å². The summed E-state index contributed by atoms with van der Waals surface area (Å²) in [6.45, 7) is 1.92. The number of non-ortho nitro benzene ring substituents is 1. The zero-order valence-corrected chi connectivity index (χ0v) is 12.0. The summed E-state index contributed by atoms with van der Waals surface area (Å²) >= 11 is 6.05. The summed E-state index contributed by atoms with van der Waals surface area (Å²) < 4.78 is 12.9. The zero-order chi connectivity index (χ0) is 15.4. The number of nitrogens with zero attached hydrogens (tertiary/aromatic N) is 2. The molecular weight excluding hydrogens is 297 g/mol. The van der Waals surface area contributed by atoms with Crippen molar-refractivity contribution in [1.82, 2.24) is 4.98 Å². The lowest BCUT2D eigenvalue weighted by atomic mass is 10.1. The van der Waals surface area contributed by atoms with Crippen molar-refractivity contribution >= 4 is 23.0 Å². The molecule has 1 aromatic carbocycles. The number of nitro groups is 1. The second kappa shape index (κ2) is 6.49. The van der Waals surface area contributed by atoms with Gasteiger partial charge in [-0.25, -0.2) is 4.39 Å². The average molecular weight is 310 g/mol. The minimum atomic E-state index is -0.487. The molecule has 0 saturated heterocycles. The summed E-state index contributed by atoms with van der Waals surface area (Å²) in [5, 5.41) is 14.3. The molecule has 0 radical (unpaired) electrons. The summed E-state index contributed by atoms with van der Waals surface area (Å²) in [5.41, 5.74) is 1.04. The first-order valence-electron chi connectivity index (χ1n) is 6.33. The Hall–Kier alpha value is -2.21. The van der Waals surface area contributed by atoms with Crippen LogP contribution in [0.1, 0.15) is 25.1 Å². The summed E-state index contributed by atoms with van der Waals surface area (Å²) in [6.07, 6.45) is 1.80. The van der Waals surface area contributed by atoms with Gasteiger partial charge in [-0.3, -0.25) is 15.1 Å². The molecule has 0 aliphatic carbocycles. The number of rotatable bonds is 5. The second-order valence-corrected chi connectivity index (χ2v) is 4.83. The van der Waals surface area contributed by atoms with E-state index in [1.807, 2.05) is 6.92 Å². The van der Waals surface area contributed by atoms with Crippen molar-refractivity contribution in [3.05, 3.63) is 63.2 Å². The minimum Gasteiger partial charge on any atom is -0.375 e. The maximum absolute atomic E-state index is 12.9. The van der Waals surface area contributed by atoms with Gasteiger partial charge >= 0.3 is 0 Å². The van der Waals surface area contributed by atoms with Crippen molar-refractivity contribution < 1.29 is 9.31 Å². The maximum atomic E-state index is 12.9. The first kappa shape index (κ1) is 15.2. The van der Waals surface area contributed by atoms with E-state index in [1.165, 1.54) is 24.3 Å². The highest BCUT2D eigenvalue weighted by molar-refractivity contribution is 6.33. The Balaban J connectivity index is 2.28. The topological polar surface area (TPSA) is 68.1 Å². The Bertz CT molecular complexity index is 649. The molecule has 1 atom stereocenters. The molecule has 1 heterocycles. The monoisotopic (exact) mass is 309 g/mol. The van der Waals surface area contributed by atoms with Gasteiger partial charge in [0.2, 0.25) is 0 Å². The lowest BCUT2D eigenvalue weighted by Gasteiger charge is -2.18. The summed E-state index contributed by atoms with van der Waals surface area (Å²) in [7, 11) is 0. The minimum absolute atomic E-state index is 0.0520. The van der Waals surface area contributed by atoms with E-state index in [4.69, 9.17) is 11.6 Å². The van der Waals surface area contributed by atoms with E-state index in [0.29, 0.717) is 22.8 Å². The molecule has 0 spiro atoms. The number of nitrogens with one attached hydrogen (secondary N) is 1. The fourth-order valence-corrected chi connectivity index (χ4v) is 2.08. The van der Waals surface area contributed by atoms with Crippen LogP contribution in [0.4, 0.5) is 15.8 Å². The zero-order valence-electron chi connectivity index (χ0n) is 11.2. The lowest BCUT2D eigenvalue weighted by Crippen LogP contribution is -2.12. The predicted octanol–water partition coefficient (Wildman–Crippen LogP) is 4.35. The predicted molar refractivity (Wildman–Crippen MR) is 79.0 cm³/mol. The van der Waals surface area contributed by atoms with Crippen molar-refractivity contribution in [3.63, 3.8) is 0 Å². The first-order valence-corrected chi connectivity index (χ1v) is 6.71. The molecule has 0 aliphatic rings. The number of halogens is 2. The summed E-state index contributed by atoms with van der Waals surface area (Å²) in [6, 6.07) is 6.85. The SMILES string of the molecule is CCC(Nc1cc([N+](=O)[O-])ccc1Cl)c1ccc(F)cn1.